The lowest BCUT2D eigenvalue weighted by atomic mass is 10.1. The average molecular weight is 447 g/mol. The van der Waals surface area contributed by atoms with Crippen LogP contribution in [0.1, 0.15) is 27.6 Å². The van der Waals surface area contributed by atoms with Gasteiger partial charge in [0.2, 0.25) is 5.91 Å². The fourth-order valence-electron chi connectivity index (χ4n) is 3.10. The monoisotopic (exact) mass is 446 g/mol. The zero-order chi connectivity index (χ0) is 22.4. The maximum absolute atomic E-state index is 14.1. The van der Waals surface area contributed by atoms with Gasteiger partial charge in [-0.3, -0.25) is 9.59 Å². The number of hydrogen-bond acceptors (Lipinski definition) is 7. The van der Waals surface area contributed by atoms with Crippen molar-refractivity contribution in [3.8, 4) is 0 Å². The van der Waals surface area contributed by atoms with E-state index in [2.05, 4.69) is 10.2 Å². The lowest BCUT2D eigenvalue weighted by Gasteiger charge is -2.29. The minimum atomic E-state index is -0.566. The molecular formula is C22H23FN2O5S. The van der Waals surface area contributed by atoms with Gasteiger partial charge in [0.15, 0.2) is 5.78 Å². The third kappa shape index (κ3) is 5.83. The molecule has 0 radical (unpaired) electrons. The molecule has 1 aliphatic heterocycles. The van der Waals surface area contributed by atoms with Crippen LogP contribution in [0.5, 0.6) is 0 Å². The van der Waals surface area contributed by atoms with Crippen molar-refractivity contribution in [2.75, 3.05) is 49.4 Å². The first-order chi connectivity index (χ1) is 14.9. The minimum absolute atomic E-state index is 0.0673. The molecule has 0 saturated carbocycles. The first-order valence-electron chi connectivity index (χ1n) is 9.67. The highest BCUT2D eigenvalue weighted by Gasteiger charge is 2.19. The molecule has 0 bridgehead atoms. The molecule has 0 unspecified atom stereocenters. The summed E-state index contributed by atoms with van der Waals surface area (Å²) < 4.78 is 24.4. The maximum Gasteiger partial charge on any atom is 0.340 e. The van der Waals surface area contributed by atoms with E-state index < -0.39 is 17.7 Å². The number of carbonyl (C=O) groups excluding carboxylic acids is 3. The summed E-state index contributed by atoms with van der Waals surface area (Å²) in [5.74, 6) is -1.82. The normalized spacial score (nSPS) is 13.6. The summed E-state index contributed by atoms with van der Waals surface area (Å²) in [7, 11) is 1.28. The van der Waals surface area contributed by atoms with Gasteiger partial charge in [-0.25, -0.2) is 9.18 Å². The summed E-state index contributed by atoms with van der Waals surface area (Å²) in [6.45, 7) is 3.98. The molecule has 164 valence electrons. The summed E-state index contributed by atoms with van der Waals surface area (Å²) in [6.07, 6.45) is 0. The van der Waals surface area contributed by atoms with Gasteiger partial charge in [-0.2, -0.15) is 0 Å². The van der Waals surface area contributed by atoms with Crippen LogP contribution in [0, 0.1) is 5.82 Å². The van der Waals surface area contributed by atoms with Gasteiger partial charge in [-0.1, -0.05) is 6.07 Å². The number of amides is 1. The fraction of sp³-hybridized carbons (Fsp3) is 0.318. The van der Waals surface area contributed by atoms with E-state index in [0.717, 1.165) is 23.5 Å². The third-order valence-electron chi connectivity index (χ3n) is 4.76. The van der Waals surface area contributed by atoms with Gasteiger partial charge < -0.3 is 19.7 Å². The Kier molecular flexibility index (Phi) is 7.64. The number of esters is 1. The van der Waals surface area contributed by atoms with Crippen LogP contribution in [0.4, 0.5) is 15.8 Å². The predicted octanol–water partition coefficient (Wildman–Crippen LogP) is 3.38. The number of nitrogens with one attached hydrogen (secondary N) is 1. The molecule has 1 N–H and O–H groups in total. The van der Waals surface area contributed by atoms with Gasteiger partial charge in [-0.15, -0.1) is 11.8 Å². The number of thioether (sulfide) groups is 1. The van der Waals surface area contributed by atoms with E-state index in [9.17, 15) is 18.8 Å². The number of Topliss-reactive ketones (excluding diaryl/α,β-unsaturated/α-hetero) is 1. The Balaban J connectivity index is 1.70. The average Bonchev–Trinajstić information content (AvgIpc) is 2.78. The van der Waals surface area contributed by atoms with Crippen LogP contribution in [-0.4, -0.2) is 56.8 Å². The predicted molar refractivity (Wildman–Crippen MR) is 117 cm³/mol. The van der Waals surface area contributed by atoms with Crippen molar-refractivity contribution in [1.82, 2.24) is 0 Å². The summed E-state index contributed by atoms with van der Waals surface area (Å²) in [5, 5.41) is 2.69. The zero-order valence-corrected chi connectivity index (χ0v) is 18.1. The number of rotatable bonds is 7. The third-order valence-corrected chi connectivity index (χ3v) is 5.80. The topological polar surface area (TPSA) is 84.9 Å². The van der Waals surface area contributed by atoms with Gasteiger partial charge in [0.05, 0.1) is 37.3 Å². The zero-order valence-electron chi connectivity index (χ0n) is 17.3. The van der Waals surface area contributed by atoms with Crippen LogP contribution in [0.15, 0.2) is 41.3 Å². The van der Waals surface area contributed by atoms with E-state index >= 15 is 0 Å². The quantitative estimate of drug-likeness (QED) is 0.396. The lowest BCUT2D eigenvalue weighted by molar-refractivity contribution is -0.113. The van der Waals surface area contributed by atoms with E-state index in [0.29, 0.717) is 32.0 Å². The standard InChI is InChI=1S/C22H23FN2O5S/c1-14(26)15-3-6-20(18(23)11-15)31-13-21(27)24-19-5-4-16(12-17(19)22(28)29-2)25-7-9-30-10-8-25/h3-6,11-12H,7-10,13H2,1-2H3,(H,24,27). The molecule has 0 atom stereocenters. The minimum Gasteiger partial charge on any atom is -0.465 e. The Morgan fingerprint density at radius 3 is 2.55 bits per heavy atom. The Bertz CT molecular complexity index is 992. The number of ether oxygens (including phenoxy) is 2. The van der Waals surface area contributed by atoms with Gasteiger partial charge in [-0.05, 0) is 37.3 Å². The smallest absolute Gasteiger partial charge is 0.340 e. The number of carbonyl (C=O) groups is 3. The van der Waals surface area contributed by atoms with Gasteiger partial charge in [0, 0.05) is 29.2 Å². The molecule has 0 spiro atoms. The van der Waals surface area contributed by atoms with E-state index in [4.69, 9.17) is 9.47 Å². The summed E-state index contributed by atoms with van der Waals surface area (Å²) in [5.41, 5.74) is 1.67. The molecule has 1 saturated heterocycles. The van der Waals surface area contributed by atoms with Crippen LogP contribution in [-0.2, 0) is 14.3 Å². The molecule has 1 aliphatic rings. The molecule has 2 aromatic carbocycles. The highest BCUT2D eigenvalue weighted by atomic mass is 32.2. The van der Waals surface area contributed by atoms with Crippen LogP contribution in [0.3, 0.4) is 0 Å². The van der Waals surface area contributed by atoms with Crippen molar-refractivity contribution >= 4 is 40.8 Å². The number of morpholine rings is 1. The Morgan fingerprint density at radius 2 is 1.90 bits per heavy atom. The maximum atomic E-state index is 14.1. The van der Waals surface area contributed by atoms with Crippen LogP contribution >= 0.6 is 11.8 Å². The molecule has 1 amide bonds. The summed E-state index contributed by atoms with van der Waals surface area (Å²) in [4.78, 5) is 38.4. The molecule has 2 aromatic rings. The largest absolute Gasteiger partial charge is 0.465 e. The van der Waals surface area contributed by atoms with E-state index in [1.165, 1.54) is 26.2 Å². The molecule has 1 heterocycles. The van der Waals surface area contributed by atoms with Crippen molar-refractivity contribution in [3.63, 3.8) is 0 Å². The van der Waals surface area contributed by atoms with Crippen molar-refractivity contribution in [2.45, 2.75) is 11.8 Å². The molecule has 3 rings (SSSR count). The molecule has 0 aliphatic carbocycles. The SMILES string of the molecule is COC(=O)c1cc(N2CCOCC2)ccc1NC(=O)CSc1ccc(C(C)=O)cc1F. The number of benzene rings is 2. The molecule has 31 heavy (non-hydrogen) atoms. The Labute approximate surface area is 183 Å². The van der Waals surface area contributed by atoms with Crippen LogP contribution in [0.25, 0.3) is 0 Å². The Morgan fingerprint density at radius 1 is 1.16 bits per heavy atom. The highest BCUT2D eigenvalue weighted by molar-refractivity contribution is 8.00. The second kappa shape index (κ2) is 10.4. The number of halogens is 1. The molecule has 0 aromatic heterocycles. The first-order valence-corrected chi connectivity index (χ1v) is 10.7. The lowest BCUT2D eigenvalue weighted by Crippen LogP contribution is -2.36. The fourth-order valence-corrected chi connectivity index (χ4v) is 3.82. The second-order valence-electron chi connectivity index (χ2n) is 6.86. The van der Waals surface area contributed by atoms with Crippen LogP contribution in [0.2, 0.25) is 0 Å². The van der Waals surface area contributed by atoms with Crippen molar-refractivity contribution < 1.29 is 28.2 Å². The van der Waals surface area contributed by atoms with Gasteiger partial charge in [0.1, 0.15) is 5.82 Å². The van der Waals surface area contributed by atoms with Crippen LogP contribution < -0.4 is 10.2 Å². The van der Waals surface area contributed by atoms with E-state index in [1.807, 2.05) is 6.07 Å². The number of hydrogen-bond donors (Lipinski definition) is 1. The Hall–Kier alpha value is -2.91. The first kappa shape index (κ1) is 22.8. The summed E-state index contributed by atoms with van der Waals surface area (Å²) in [6, 6.07) is 9.30. The molecule has 9 heteroatoms. The molecule has 7 nitrogen and oxygen atoms in total. The number of anilines is 2. The number of ketones is 1. The summed E-state index contributed by atoms with van der Waals surface area (Å²) >= 11 is 1.00. The molecular weight excluding hydrogens is 423 g/mol. The van der Waals surface area contributed by atoms with Gasteiger partial charge >= 0.3 is 5.97 Å². The van der Waals surface area contributed by atoms with Crippen molar-refractivity contribution in [1.29, 1.82) is 0 Å². The van der Waals surface area contributed by atoms with Gasteiger partial charge in [0.25, 0.3) is 0 Å². The highest BCUT2D eigenvalue weighted by Crippen LogP contribution is 2.27. The van der Waals surface area contributed by atoms with Crippen molar-refractivity contribution in [2.24, 2.45) is 0 Å². The van der Waals surface area contributed by atoms with Crippen molar-refractivity contribution in [3.05, 3.63) is 53.3 Å². The van der Waals surface area contributed by atoms with E-state index in [1.54, 1.807) is 12.1 Å². The number of methoxy groups -OCH3 is 1. The molecule has 1 fully saturated rings. The second-order valence-corrected chi connectivity index (χ2v) is 7.88. The number of nitrogens with zero attached hydrogens (tertiary/aromatic N) is 1. The van der Waals surface area contributed by atoms with E-state index in [-0.39, 0.29) is 27.6 Å².